The van der Waals surface area contributed by atoms with Crippen LogP contribution < -0.4 is 5.32 Å². The van der Waals surface area contributed by atoms with Gasteiger partial charge in [-0.1, -0.05) is 29.6 Å². The molecule has 37 heavy (non-hydrogen) atoms. The van der Waals surface area contributed by atoms with Gasteiger partial charge in [0.25, 0.3) is 5.91 Å². The molecule has 2 aliphatic carbocycles. The molecule has 1 saturated heterocycles. The van der Waals surface area contributed by atoms with Crippen molar-refractivity contribution in [3.8, 4) is 0 Å². The molecule has 1 aromatic carbocycles. The van der Waals surface area contributed by atoms with Gasteiger partial charge in [0.2, 0.25) is 5.91 Å². The van der Waals surface area contributed by atoms with E-state index in [1.54, 1.807) is 0 Å². The molecule has 2 amide bonds. The number of nitrogens with zero attached hydrogens (tertiary/aromatic N) is 1. The van der Waals surface area contributed by atoms with E-state index in [4.69, 9.17) is 23.2 Å². The summed E-state index contributed by atoms with van der Waals surface area (Å²) in [6.07, 6.45) is 4.57. The molecule has 0 unspecified atom stereocenters. The number of ketones is 2. The van der Waals surface area contributed by atoms with E-state index in [2.05, 4.69) is 10.3 Å². The van der Waals surface area contributed by atoms with Crippen molar-refractivity contribution in [3.05, 3.63) is 33.7 Å². The molecule has 3 aliphatic rings. The van der Waals surface area contributed by atoms with Crippen molar-refractivity contribution in [1.82, 2.24) is 15.2 Å². The van der Waals surface area contributed by atoms with Crippen molar-refractivity contribution >= 4 is 57.5 Å². The minimum Gasteiger partial charge on any atom is -0.389 e. The number of fused-ring (bicyclic) bond motifs is 2. The molecule has 0 spiro atoms. The number of Topliss-reactive ketones (excluding diaryl/α,β-unsaturated/α-hetero) is 2. The molecule has 0 radical (unpaired) electrons. The van der Waals surface area contributed by atoms with Crippen molar-refractivity contribution in [3.63, 3.8) is 0 Å². The van der Waals surface area contributed by atoms with Crippen LogP contribution in [0.15, 0.2) is 12.1 Å². The van der Waals surface area contributed by atoms with Gasteiger partial charge in [-0.05, 0) is 56.1 Å². The number of aliphatic hydroxyl groups excluding tert-OH is 1. The SMILES string of the molecule is O=C1CCC[C@H]1C[C@H](NC(=O)[C@@H]1[C@H]2CCC[C@H]2CN1C(=O)c1cc2c(Cl)c(F)cc(Cl)c2[nH]1)C(=O)CO. The van der Waals surface area contributed by atoms with Gasteiger partial charge in [-0.25, -0.2) is 4.39 Å². The summed E-state index contributed by atoms with van der Waals surface area (Å²) in [5, 5.41) is 12.4. The van der Waals surface area contributed by atoms with E-state index in [0.29, 0.717) is 24.9 Å². The first kappa shape index (κ1) is 26.1. The van der Waals surface area contributed by atoms with Gasteiger partial charge in [0.1, 0.15) is 29.9 Å². The van der Waals surface area contributed by atoms with Crippen LogP contribution in [0.1, 0.15) is 55.4 Å². The minimum absolute atomic E-state index is 0.0612. The highest BCUT2D eigenvalue weighted by Crippen LogP contribution is 2.43. The topological polar surface area (TPSA) is 120 Å². The fraction of sp³-hybridized carbons (Fsp3) is 0.538. The normalized spacial score (nSPS) is 26.1. The van der Waals surface area contributed by atoms with Gasteiger partial charge in [-0.15, -0.1) is 0 Å². The number of aromatic nitrogens is 1. The molecule has 0 bridgehead atoms. The maximum Gasteiger partial charge on any atom is 0.271 e. The zero-order chi connectivity index (χ0) is 26.4. The minimum atomic E-state index is -1.00. The quantitative estimate of drug-likeness (QED) is 0.453. The zero-order valence-corrected chi connectivity index (χ0v) is 21.6. The predicted octanol–water partition coefficient (Wildman–Crippen LogP) is 3.66. The van der Waals surface area contributed by atoms with Crippen LogP contribution in [0.3, 0.4) is 0 Å². The number of carbonyl (C=O) groups excluding carboxylic acids is 4. The Morgan fingerprint density at radius 3 is 2.68 bits per heavy atom. The predicted molar refractivity (Wildman–Crippen MR) is 135 cm³/mol. The Morgan fingerprint density at radius 2 is 1.97 bits per heavy atom. The third kappa shape index (κ3) is 4.77. The van der Waals surface area contributed by atoms with E-state index in [1.165, 1.54) is 11.0 Å². The number of amides is 2. The van der Waals surface area contributed by atoms with Gasteiger partial charge in [0, 0.05) is 24.3 Å². The van der Waals surface area contributed by atoms with E-state index in [-0.39, 0.29) is 51.1 Å². The molecular weight excluding hydrogens is 524 g/mol. The largest absolute Gasteiger partial charge is 0.389 e. The average molecular weight is 552 g/mol. The van der Waals surface area contributed by atoms with Crippen LogP contribution in [0.25, 0.3) is 10.9 Å². The first-order valence-corrected chi connectivity index (χ1v) is 13.4. The lowest BCUT2D eigenvalue weighted by Gasteiger charge is -2.29. The van der Waals surface area contributed by atoms with Crippen LogP contribution in [0.4, 0.5) is 4.39 Å². The molecule has 2 saturated carbocycles. The number of aromatic amines is 1. The summed E-state index contributed by atoms with van der Waals surface area (Å²) < 4.78 is 14.1. The van der Waals surface area contributed by atoms with Crippen molar-refractivity contribution in [2.75, 3.05) is 13.2 Å². The fourth-order valence-corrected chi connectivity index (χ4v) is 6.82. The highest BCUT2D eigenvalue weighted by Gasteiger charge is 2.50. The number of hydrogen-bond donors (Lipinski definition) is 3. The second-order valence-electron chi connectivity index (χ2n) is 10.4. The first-order valence-electron chi connectivity index (χ1n) is 12.6. The molecule has 3 fully saturated rings. The lowest BCUT2D eigenvalue weighted by atomic mass is 9.91. The van der Waals surface area contributed by atoms with E-state index >= 15 is 0 Å². The Hall–Kier alpha value is -2.49. The number of hydrogen-bond acceptors (Lipinski definition) is 5. The molecule has 1 aromatic heterocycles. The molecule has 5 atom stereocenters. The number of aliphatic hydroxyl groups is 1. The van der Waals surface area contributed by atoms with Crippen LogP contribution in [-0.2, 0) is 14.4 Å². The number of likely N-dealkylation sites (tertiary alicyclic amines) is 1. The second-order valence-corrected chi connectivity index (χ2v) is 11.1. The second kappa shape index (κ2) is 10.3. The van der Waals surface area contributed by atoms with E-state index in [1.807, 2.05) is 0 Å². The number of rotatable bonds is 7. The van der Waals surface area contributed by atoms with Gasteiger partial charge < -0.3 is 20.3 Å². The van der Waals surface area contributed by atoms with E-state index in [0.717, 1.165) is 31.7 Å². The van der Waals surface area contributed by atoms with Gasteiger partial charge in [0.15, 0.2) is 5.78 Å². The Bertz CT molecular complexity index is 1280. The van der Waals surface area contributed by atoms with Crippen LogP contribution in [0.5, 0.6) is 0 Å². The highest BCUT2D eigenvalue weighted by atomic mass is 35.5. The Balaban J connectivity index is 1.41. The lowest BCUT2D eigenvalue weighted by Crippen LogP contribution is -2.53. The summed E-state index contributed by atoms with van der Waals surface area (Å²) in [6.45, 7) is -0.384. The van der Waals surface area contributed by atoms with Crippen molar-refractivity contribution in [1.29, 1.82) is 0 Å². The van der Waals surface area contributed by atoms with Crippen molar-refractivity contribution in [2.45, 2.75) is 57.0 Å². The molecule has 198 valence electrons. The molecule has 3 N–H and O–H groups in total. The third-order valence-corrected chi connectivity index (χ3v) is 8.90. The van der Waals surface area contributed by atoms with Crippen molar-refractivity contribution < 1.29 is 28.7 Å². The fourth-order valence-electron chi connectivity index (χ4n) is 6.37. The summed E-state index contributed by atoms with van der Waals surface area (Å²) in [5.41, 5.74) is 0.452. The molecule has 8 nitrogen and oxygen atoms in total. The van der Waals surface area contributed by atoms with Gasteiger partial charge in [-0.2, -0.15) is 0 Å². The van der Waals surface area contributed by atoms with E-state index in [9.17, 15) is 28.7 Å². The summed E-state index contributed by atoms with van der Waals surface area (Å²) in [5.74, 6) is -2.39. The Kier molecular flexibility index (Phi) is 7.31. The number of carbonyl (C=O) groups is 4. The Labute approximate surface area is 222 Å². The molecule has 2 heterocycles. The number of benzene rings is 1. The summed E-state index contributed by atoms with van der Waals surface area (Å²) in [4.78, 5) is 56.4. The maximum absolute atomic E-state index is 14.1. The van der Waals surface area contributed by atoms with Gasteiger partial charge in [0.05, 0.1) is 21.6 Å². The molecule has 5 rings (SSSR count). The number of halogens is 3. The van der Waals surface area contributed by atoms with Crippen LogP contribution in [0.2, 0.25) is 10.0 Å². The third-order valence-electron chi connectivity index (χ3n) is 8.22. The maximum atomic E-state index is 14.1. The average Bonchev–Trinajstić information content (AvgIpc) is 3.65. The van der Waals surface area contributed by atoms with Gasteiger partial charge >= 0.3 is 0 Å². The van der Waals surface area contributed by atoms with Crippen LogP contribution in [0, 0.1) is 23.6 Å². The van der Waals surface area contributed by atoms with Crippen molar-refractivity contribution in [2.24, 2.45) is 17.8 Å². The zero-order valence-electron chi connectivity index (χ0n) is 20.1. The molecule has 11 heteroatoms. The standard InChI is InChI=1S/C26H28Cl2FN3O5/c27-16-9-17(29)22(28)15-8-19(30-23(15)16)26(37)32-10-13-4-1-5-14(13)24(32)25(36)31-18(21(35)11-33)7-12-3-2-6-20(12)34/h8-9,12-14,18,24,30,33H,1-7,10-11H2,(H,31,36)/t12-,13-,14-,18-,24-/m0/s1. The number of nitrogens with one attached hydrogen (secondary N) is 2. The van der Waals surface area contributed by atoms with E-state index < -0.39 is 42.1 Å². The summed E-state index contributed by atoms with van der Waals surface area (Å²) in [6, 6.07) is 0.681. The lowest BCUT2D eigenvalue weighted by molar-refractivity contribution is -0.133. The molecule has 2 aromatic rings. The first-order chi connectivity index (χ1) is 17.7. The Morgan fingerprint density at radius 1 is 1.19 bits per heavy atom. The smallest absolute Gasteiger partial charge is 0.271 e. The highest BCUT2D eigenvalue weighted by molar-refractivity contribution is 6.40. The monoisotopic (exact) mass is 551 g/mol. The van der Waals surface area contributed by atoms with Crippen LogP contribution in [-0.4, -0.2) is 63.6 Å². The summed E-state index contributed by atoms with van der Waals surface area (Å²) >= 11 is 12.2. The summed E-state index contributed by atoms with van der Waals surface area (Å²) in [7, 11) is 0. The molecule has 1 aliphatic heterocycles. The van der Waals surface area contributed by atoms with Crippen LogP contribution >= 0.6 is 23.2 Å². The van der Waals surface area contributed by atoms with Gasteiger partial charge in [-0.3, -0.25) is 19.2 Å². The number of H-pyrrole nitrogens is 1. The molecular formula is C26H28Cl2FN3O5.